The maximum atomic E-state index is 12.3. The van der Waals surface area contributed by atoms with Gasteiger partial charge in [0.25, 0.3) is 5.91 Å². The van der Waals surface area contributed by atoms with Gasteiger partial charge in [0.05, 0.1) is 19.3 Å². The molecule has 3 rings (SSSR count). The molecular weight excluding hydrogens is 318 g/mol. The van der Waals surface area contributed by atoms with Crippen molar-refractivity contribution in [3.63, 3.8) is 0 Å². The summed E-state index contributed by atoms with van der Waals surface area (Å²) in [4.78, 5) is 32.2. The molecule has 1 aliphatic heterocycles. The van der Waals surface area contributed by atoms with Crippen molar-refractivity contribution in [2.45, 2.75) is 19.4 Å². The van der Waals surface area contributed by atoms with E-state index in [0.29, 0.717) is 24.5 Å². The summed E-state index contributed by atoms with van der Waals surface area (Å²) in [6.07, 6.45) is 2.29. The number of carbonyl (C=O) groups is 2. The molecule has 0 fully saturated rings. The SMILES string of the molecule is CCOC(=O)c1nc(C(=O)NC2CCOc3cccnc32)cs1. The van der Waals surface area contributed by atoms with E-state index in [9.17, 15) is 9.59 Å². The summed E-state index contributed by atoms with van der Waals surface area (Å²) < 4.78 is 10.4. The number of hydrogen-bond acceptors (Lipinski definition) is 7. The smallest absolute Gasteiger partial charge is 0.367 e. The first-order valence-electron chi connectivity index (χ1n) is 7.20. The molecule has 1 aliphatic rings. The Balaban J connectivity index is 1.72. The fourth-order valence-electron chi connectivity index (χ4n) is 2.25. The van der Waals surface area contributed by atoms with Crippen LogP contribution in [0.3, 0.4) is 0 Å². The van der Waals surface area contributed by atoms with Crippen molar-refractivity contribution < 1.29 is 19.1 Å². The topological polar surface area (TPSA) is 90.4 Å². The van der Waals surface area contributed by atoms with Crippen LogP contribution >= 0.6 is 11.3 Å². The standard InChI is InChI=1S/C15H15N3O4S/c1-2-21-15(20)14-18-10(8-23-14)13(19)17-9-5-7-22-11-4-3-6-16-12(9)11/h3-4,6,8-9H,2,5,7H2,1H3,(H,17,19). The number of thiazole rings is 1. The van der Waals surface area contributed by atoms with Gasteiger partial charge in [-0.3, -0.25) is 9.78 Å². The normalized spacial score (nSPS) is 16.1. The van der Waals surface area contributed by atoms with Crippen molar-refractivity contribution in [2.75, 3.05) is 13.2 Å². The van der Waals surface area contributed by atoms with E-state index in [0.717, 1.165) is 11.3 Å². The number of nitrogens with zero attached hydrogens (tertiary/aromatic N) is 2. The highest BCUT2D eigenvalue weighted by Gasteiger charge is 2.26. The molecule has 1 atom stereocenters. The molecule has 23 heavy (non-hydrogen) atoms. The zero-order valence-electron chi connectivity index (χ0n) is 12.4. The van der Waals surface area contributed by atoms with Gasteiger partial charge in [-0.2, -0.15) is 0 Å². The Morgan fingerprint density at radius 1 is 1.52 bits per heavy atom. The van der Waals surface area contributed by atoms with Crippen molar-refractivity contribution >= 4 is 23.2 Å². The quantitative estimate of drug-likeness (QED) is 0.860. The molecule has 1 unspecified atom stereocenters. The summed E-state index contributed by atoms with van der Waals surface area (Å²) in [5.41, 5.74) is 0.898. The van der Waals surface area contributed by atoms with Crippen LogP contribution in [-0.4, -0.2) is 35.1 Å². The molecule has 0 aliphatic carbocycles. The van der Waals surface area contributed by atoms with Crippen LogP contribution in [0, 0.1) is 0 Å². The molecule has 2 aromatic rings. The molecule has 8 heteroatoms. The molecule has 3 heterocycles. The van der Waals surface area contributed by atoms with Crippen LogP contribution in [0.1, 0.15) is 45.4 Å². The fraction of sp³-hybridized carbons (Fsp3) is 0.333. The molecule has 0 bridgehead atoms. The predicted molar refractivity (Wildman–Crippen MR) is 82.6 cm³/mol. The largest absolute Gasteiger partial charge is 0.491 e. The highest BCUT2D eigenvalue weighted by molar-refractivity contribution is 7.11. The number of nitrogens with one attached hydrogen (secondary N) is 1. The lowest BCUT2D eigenvalue weighted by Crippen LogP contribution is -2.33. The Hall–Kier alpha value is -2.48. The van der Waals surface area contributed by atoms with Crippen LogP contribution in [0.15, 0.2) is 23.7 Å². The van der Waals surface area contributed by atoms with Gasteiger partial charge in [0.1, 0.15) is 17.1 Å². The van der Waals surface area contributed by atoms with Gasteiger partial charge in [-0.25, -0.2) is 9.78 Å². The minimum Gasteiger partial charge on any atom is -0.491 e. The Kier molecular flexibility index (Phi) is 4.52. The van der Waals surface area contributed by atoms with Gasteiger partial charge in [-0.1, -0.05) is 0 Å². The monoisotopic (exact) mass is 333 g/mol. The fourth-order valence-corrected chi connectivity index (χ4v) is 2.94. The highest BCUT2D eigenvalue weighted by atomic mass is 32.1. The van der Waals surface area contributed by atoms with E-state index < -0.39 is 5.97 Å². The number of fused-ring (bicyclic) bond motifs is 1. The molecule has 120 valence electrons. The van der Waals surface area contributed by atoms with E-state index in [1.165, 1.54) is 0 Å². The number of hydrogen-bond donors (Lipinski definition) is 1. The molecule has 0 saturated heterocycles. The minimum atomic E-state index is -0.519. The maximum Gasteiger partial charge on any atom is 0.367 e. The predicted octanol–water partition coefficient (Wildman–Crippen LogP) is 1.97. The first kappa shape index (κ1) is 15.4. The first-order chi connectivity index (χ1) is 11.2. The maximum absolute atomic E-state index is 12.3. The Bertz CT molecular complexity index is 731. The number of ether oxygens (including phenoxy) is 2. The van der Waals surface area contributed by atoms with Crippen molar-refractivity contribution in [1.82, 2.24) is 15.3 Å². The van der Waals surface area contributed by atoms with Crippen LogP contribution in [0.2, 0.25) is 0 Å². The number of rotatable bonds is 4. The summed E-state index contributed by atoms with van der Waals surface area (Å²) in [6.45, 7) is 2.49. The molecule has 1 N–H and O–H groups in total. The van der Waals surface area contributed by atoms with Crippen LogP contribution in [0.4, 0.5) is 0 Å². The second kappa shape index (κ2) is 6.74. The van der Waals surface area contributed by atoms with Gasteiger partial charge in [0.2, 0.25) is 5.01 Å². The number of pyridine rings is 1. The molecule has 2 aromatic heterocycles. The molecule has 0 radical (unpaired) electrons. The number of amides is 1. The number of esters is 1. The van der Waals surface area contributed by atoms with Crippen molar-refractivity contribution in [3.8, 4) is 5.75 Å². The number of aromatic nitrogens is 2. The van der Waals surface area contributed by atoms with Crippen LogP contribution in [-0.2, 0) is 4.74 Å². The Labute approximate surface area is 136 Å². The second-order valence-electron chi connectivity index (χ2n) is 4.81. The third kappa shape index (κ3) is 3.31. The van der Waals surface area contributed by atoms with E-state index in [1.807, 2.05) is 6.07 Å². The zero-order valence-corrected chi connectivity index (χ0v) is 13.3. The Morgan fingerprint density at radius 2 is 2.39 bits per heavy atom. The summed E-state index contributed by atoms with van der Waals surface area (Å²) in [5.74, 6) is -0.190. The van der Waals surface area contributed by atoms with Crippen LogP contribution in [0.5, 0.6) is 5.75 Å². The zero-order chi connectivity index (χ0) is 16.2. The average molecular weight is 333 g/mol. The van der Waals surface area contributed by atoms with E-state index in [-0.39, 0.29) is 29.3 Å². The lowest BCUT2D eigenvalue weighted by molar-refractivity contribution is 0.0526. The average Bonchev–Trinajstić information content (AvgIpc) is 3.06. The molecule has 0 spiro atoms. The van der Waals surface area contributed by atoms with Gasteiger partial charge in [0.15, 0.2) is 0 Å². The first-order valence-corrected chi connectivity index (χ1v) is 8.08. The lowest BCUT2D eigenvalue weighted by Gasteiger charge is -2.25. The lowest BCUT2D eigenvalue weighted by atomic mass is 10.1. The number of carbonyl (C=O) groups excluding carboxylic acids is 2. The third-order valence-electron chi connectivity index (χ3n) is 3.29. The van der Waals surface area contributed by atoms with Gasteiger partial charge in [-0.05, 0) is 19.1 Å². The molecular formula is C15H15N3O4S. The summed E-state index contributed by atoms with van der Waals surface area (Å²) in [7, 11) is 0. The molecule has 7 nitrogen and oxygen atoms in total. The molecule has 0 saturated carbocycles. The minimum absolute atomic E-state index is 0.169. The van der Waals surface area contributed by atoms with Gasteiger partial charge >= 0.3 is 5.97 Å². The van der Waals surface area contributed by atoms with Crippen molar-refractivity contribution in [3.05, 3.63) is 40.1 Å². The summed E-state index contributed by atoms with van der Waals surface area (Å²) >= 11 is 1.09. The van der Waals surface area contributed by atoms with E-state index in [1.54, 1.807) is 24.6 Å². The van der Waals surface area contributed by atoms with Crippen LogP contribution < -0.4 is 10.1 Å². The van der Waals surface area contributed by atoms with Gasteiger partial charge in [-0.15, -0.1) is 11.3 Å². The third-order valence-corrected chi connectivity index (χ3v) is 4.11. The molecule has 0 aromatic carbocycles. The van der Waals surface area contributed by atoms with E-state index in [2.05, 4.69) is 15.3 Å². The van der Waals surface area contributed by atoms with E-state index >= 15 is 0 Å². The van der Waals surface area contributed by atoms with Gasteiger partial charge in [0, 0.05) is 18.0 Å². The summed E-state index contributed by atoms with van der Waals surface area (Å²) in [6, 6.07) is 3.37. The Morgan fingerprint density at radius 3 is 3.22 bits per heavy atom. The second-order valence-corrected chi connectivity index (χ2v) is 5.67. The van der Waals surface area contributed by atoms with Crippen molar-refractivity contribution in [2.24, 2.45) is 0 Å². The van der Waals surface area contributed by atoms with Gasteiger partial charge < -0.3 is 14.8 Å². The molecule has 1 amide bonds. The highest BCUT2D eigenvalue weighted by Crippen LogP contribution is 2.29. The van der Waals surface area contributed by atoms with Crippen molar-refractivity contribution in [1.29, 1.82) is 0 Å². The van der Waals surface area contributed by atoms with E-state index in [4.69, 9.17) is 9.47 Å². The van der Waals surface area contributed by atoms with Crippen LogP contribution in [0.25, 0.3) is 0 Å². The summed E-state index contributed by atoms with van der Waals surface area (Å²) in [5, 5.41) is 4.60.